The molecule has 2 heterocycles. The van der Waals surface area contributed by atoms with Crippen LogP contribution in [-0.4, -0.2) is 32.8 Å². The molecule has 1 aliphatic heterocycles. The molecule has 0 N–H and O–H groups in total. The number of carbonyl (C=O) groups is 2. The first-order valence-electron chi connectivity index (χ1n) is 8.18. The van der Waals surface area contributed by atoms with Crippen LogP contribution in [0.4, 0.5) is 0 Å². The third kappa shape index (κ3) is 3.50. The highest BCUT2D eigenvalue weighted by molar-refractivity contribution is 6.21. The van der Waals surface area contributed by atoms with Crippen molar-refractivity contribution >= 4 is 11.8 Å². The first kappa shape index (κ1) is 15.5. The Labute approximate surface area is 135 Å². The molecule has 2 amide bonds. The Bertz CT molecular complexity index is 644. The standard InChI is InChI=1S/C18H21N3O2/c22-17-15-8-4-5-9-16(15)18(23)21(17)12-7-3-1-2-6-11-20-13-10-19-14-20/h4-5,8-10,13-14H,1-3,6-7,11-12H2. The molecule has 0 radical (unpaired) electrons. The summed E-state index contributed by atoms with van der Waals surface area (Å²) >= 11 is 0. The number of aryl methyl sites for hydroxylation is 1. The molecular formula is C18H21N3O2. The smallest absolute Gasteiger partial charge is 0.261 e. The zero-order valence-electron chi connectivity index (χ0n) is 13.1. The Morgan fingerprint density at radius 3 is 2.04 bits per heavy atom. The van der Waals surface area contributed by atoms with Gasteiger partial charge in [-0.1, -0.05) is 31.4 Å². The zero-order chi connectivity index (χ0) is 16.1. The van der Waals surface area contributed by atoms with Crippen molar-refractivity contribution < 1.29 is 9.59 Å². The SMILES string of the molecule is O=C1c2ccccc2C(=O)N1CCCCCCCn1ccnc1. The maximum atomic E-state index is 12.2. The molecule has 3 rings (SSSR count). The average molecular weight is 311 g/mol. The fourth-order valence-corrected chi connectivity index (χ4v) is 2.96. The van der Waals surface area contributed by atoms with Gasteiger partial charge in [-0.25, -0.2) is 4.98 Å². The monoisotopic (exact) mass is 311 g/mol. The fraction of sp³-hybridized carbons (Fsp3) is 0.389. The van der Waals surface area contributed by atoms with E-state index in [1.807, 2.05) is 12.5 Å². The van der Waals surface area contributed by atoms with Crippen LogP contribution < -0.4 is 0 Å². The number of hydrogen-bond acceptors (Lipinski definition) is 3. The molecule has 0 saturated heterocycles. The molecule has 0 saturated carbocycles. The minimum absolute atomic E-state index is 0.147. The molecule has 0 aliphatic carbocycles. The van der Waals surface area contributed by atoms with Gasteiger partial charge in [0.2, 0.25) is 0 Å². The van der Waals surface area contributed by atoms with Crippen molar-refractivity contribution in [3.63, 3.8) is 0 Å². The lowest BCUT2D eigenvalue weighted by molar-refractivity contribution is 0.0651. The van der Waals surface area contributed by atoms with Crippen LogP contribution in [0.15, 0.2) is 43.0 Å². The second-order valence-electron chi connectivity index (χ2n) is 5.88. The van der Waals surface area contributed by atoms with E-state index >= 15 is 0 Å². The first-order valence-corrected chi connectivity index (χ1v) is 8.18. The number of hydrogen-bond donors (Lipinski definition) is 0. The van der Waals surface area contributed by atoms with E-state index in [4.69, 9.17) is 0 Å². The molecule has 0 spiro atoms. The lowest BCUT2D eigenvalue weighted by Gasteiger charge is -2.13. The summed E-state index contributed by atoms with van der Waals surface area (Å²) in [5, 5.41) is 0. The van der Waals surface area contributed by atoms with Crippen molar-refractivity contribution in [3.05, 3.63) is 54.1 Å². The zero-order valence-corrected chi connectivity index (χ0v) is 13.1. The van der Waals surface area contributed by atoms with Crippen LogP contribution in [0.1, 0.15) is 52.8 Å². The molecule has 5 heteroatoms. The van der Waals surface area contributed by atoms with Crippen molar-refractivity contribution in [2.24, 2.45) is 0 Å². The highest BCUT2D eigenvalue weighted by Gasteiger charge is 2.34. The molecule has 2 aromatic rings. The summed E-state index contributed by atoms with van der Waals surface area (Å²) in [6.45, 7) is 1.52. The van der Waals surface area contributed by atoms with Crippen LogP contribution >= 0.6 is 0 Å². The summed E-state index contributed by atoms with van der Waals surface area (Å²) in [7, 11) is 0. The van der Waals surface area contributed by atoms with Crippen molar-refractivity contribution in [1.29, 1.82) is 0 Å². The van der Waals surface area contributed by atoms with Gasteiger partial charge in [0.25, 0.3) is 11.8 Å². The minimum atomic E-state index is -0.147. The van der Waals surface area contributed by atoms with E-state index in [1.165, 1.54) is 4.90 Å². The van der Waals surface area contributed by atoms with Gasteiger partial charge < -0.3 is 4.57 Å². The molecule has 1 aliphatic rings. The quantitative estimate of drug-likeness (QED) is 0.556. The first-order chi connectivity index (χ1) is 11.3. The third-order valence-corrected chi connectivity index (χ3v) is 4.24. The summed E-state index contributed by atoms with van der Waals surface area (Å²) in [6.07, 6.45) is 10.9. The number of aromatic nitrogens is 2. The van der Waals surface area contributed by atoms with Gasteiger partial charge in [0.1, 0.15) is 0 Å². The predicted molar refractivity (Wildman–Crippen MR) is 87.1 cm³/mol. The summed E-state index contributed by atoms with van der Waals surface area (Å²) in [4.78, 5) is 29.8. The van der Waals surface area contributed by atoms with Gasteiger partial charge in [0.05, 0.1) is 17.5 Å². The highest BCUT2D eigenvalue weighted by atomic mass is 16.2. The van der Waals surface area contributed by atoms with E-state index < -0.39 is 0 Å². The maximum absolute atomic E-state index is 12.2. The molecule has 0 atom stereocenters. The van der Waals surface area contributed by atoms with E-state index in [9.17, 15) is 9.59 Å². The van der Waals surface area contributed by atoms with Crippen molar-refractivity contribution in [3.8, 4) is 0 Å². The van der Waals surface area contributed by atoms with Crippen LogP contribution in [0, 0.1) is 0 Å². The average Bonchev–Trinajstić information content (AvgIpc) is 3.17. The fourth-order valence-electron chi connectivity index (χ4n) is 2.96. The largest absolute Gasteiger partial charge is 0.337 e. The predicted octanol–water partition coefficient (Wildman–Crippen LogP) is 3.13. The molecule has 0 bridgehead atoms. The summed E-state index contributed by atoms with van der Waals surface area (Å²) in [5.74, 6) is -0.295. The second kappa shape index (κ2) is 7.22. The van der Waals surface area contributed by atoms with Crippen molar-refractivity contribution in [2.75, 3.05) is 6.54 Å². The number of imidazole rings is 1. The molecule has 5 nitrogen and oxygen atoms in total. The molecule has 120 valence electrons. The number of unbranched alkanes of at least 4 members (excludes halogenated alkanes) is 4. The Kier molecular flexibility index (Phi) is 4.86. The van der Waals surface area contributed by atoms with Gasteiger partial charge in [-0.2, -0.15) is 0 Å². The Morgan fingerprint density at radius 1 is 0.826 bits per heavy atom. The lowest BCUT2D eigenvalue weighted by Crippen LogP contribution is -2.30. The lowest BCUT2D eigenvalue weighted by atomic mass is 10.1. The Balaban J connectivity index is 1.35. The van der Waals surface area contributed by atoms with E-state index in [2.05, 4.69) is 9.55 Å². The molecular weight excluding hydrogens is 290 g/mol. The molecule has 0 fully saturated rings. The van der Waals surface area contributed by atoms with Crippen molar-refractivity contribution in [1.82, 2.24) is 14.5 Å². The van der Waals surface area contributed by atoms with E-state index in [0.717, 1.165) is 38.6 Å². The number of amides is 2. The van der Waals surface area contributed by atoms with E-state index in [1.54, 1.807) is 30.5 Å². The summed E-state index contributed by atoms with van der Waals surface area (Å²) < 4.78 is 2.08. The molecule has 0 unspecified atom stereocenters. The third-order valence-electron chi connectivity index (χ3n) is 4.24. The minimum Gasteiger partial charge on any atom is -0.337 e. The van der Waals surface area contributed by atoms with Crippen LogP contribution in [0.3, 0.4) is 0 Å². The van der Waals surface area contributed by atoms with Gasteiger partial charge in [-0.15, -0.1) is 0 Å². The Hall–Kier alpha value is -2.43. The van der Waals surface area contributed by atoms with E-state index in [-0.39, 0.29) is 11.8 Å². The van der Waals surface area contributed by atoms with Crippen LogP contribution in [-0.2, 0) is 6.54 Å². The van der Waals surface area contributed by atoms with Gasteiger partial charge in [0.15, 0.2) is 0 Å². The summed E-state index contributed by atoms with van der Waals surface area (Å²) in [6, 6.07) is 7.05. The van der Waals surface area contributed by atoms with Crippen LogP contribution in [0.2, 0.25) is 0 Å². The number of imide groups is 1. The van der Waals surface area contributed by atoms with Crippen LogP contribution in [0.5, 0.6) is 0 Å². The number of nitrogens with zero attached hydrogens (tertiary/aromatic N) is 3. The molecule has 1 aromatic carbocycles. The van der Waals surface area contributed by atoms with Gasteiger partial charge in [-0.05, 0) is 25.0 Å². The maximum Gasteiger partial charge on any atom is 0.261 e. The Morgan fingerprint density at radius 2 is 1.43 bits per heavy atom. The van der Waals surface area contributed by atoms with Gasteiger partial charge in [0, 0.05) is 25.5 Å². The highest BCUT2D eigenvalue weighted by Crippen LogP contribution is 2.22. The topological polar surface area (TPSA) is 55.2 Å². The van der Waals surface area contributed by atoms with E-state index in [0.29, 0.717) is 17.7 Å². The number of rotatable bonds is 8. The van der Waals surface area contributed by atoms with Crippen LogP contribution in [0.25, 0.3) is 0 Å². The number of fused-ring (bicyclic) bond motifs is 1. The molecule has 23 heavy (non-hydrogen) atoms. The van der Waals surface area contributed by atoms with Crippen molar-refractivity contribution in [2.45, 2.75) is 38.6 Å². The second-order valence-corrected chi connectivity index (χ2v) is 5.88. The van der Waals surface area contributed by atoms with Gasteiger partial charge in [-0.3, -0.25) is 14.5 Å². The summed E-state index contributed by atoms with van der Waals surface area (Å²) in [5.41, 5.74) is 1.08. The van der Waals surface area contributed by atoms with Gasteiger partial charge >= 0.3 is 0 Å². The number of carbonyl (C=O) groups excluding carboxylic acids is 2. The normalized spacial score (nSPS) is 13.7. The number of benzene rings is 1. The molecule has 1 aromatic heterocycles.